The summed E-state index contributed by atoms with van der Waals surface area (Å²) in [5.41, 5.74) is -0.760. The first kappa shape index (κ1) is 19.9. The Balaban J connectivity index is 2.55. The first-order chi connectivity index (χ1) is 11.7. The van der Waals surface area contributed by atoms with Gasteiger partial charge in [-0.05, 0) is 25.3 Å². The highest BCUT2D eigenvalue weighted by molar-refractivity contribution is 7.97. The zero-order valence-electron chi connectivity index (χ0n) is 13.0. The van der Waals surface area contributed by atoms with E-state index in [0.29, 0.717) is 11.4 Å². The van der Waals surface area contributed by atoms with Gasteiger partial charge in [0, 0.05) is 5.75 Å². The number of nitrogens with zero attached hydrogens (tertiary/aromatic N) is 3. The van der Waals surface area contributed by atoms with Gasteiger partial charge in [0.15, 0.2) is 5.69 Å². The van der Waals surface area contributed by atoms with Crippen LogP contribution in [0.4, 0.5) is 13.2 Å². The number of carbonyl (C=O) groups excluding carboxylic acids is 1. The van der Waals surface area contributed by atoms with Gasteiger partial charge in [-0.1, -0.05) is 23.2 Å². The van der Waals surface area contributed by atoms with Crippen LogP contribution in [0, 0.1) is 0 Å². The van der Waals surface area contributed by atoms with Gasteiger partial charge in [-0.25, -0.2) is 4.79 Å². The Kier molecular flexibility index (Phi) is 6.23. The summed E-state index contributed by atoms with van der Waals surface area (Å²) in [6, 6.07) is 1.45. The fraction of sp³-hybridized carbons (Fsp3) is 0.357. The molecule has 0 aliphatic carbocycles. The van der Waals surface area contributed by atoms with Crippen LogP contribution in [0.25, 0.3) is 5.69 Å². The molecule has 2 rings (SSSR count). The van der Waals surface area contributed by atoms with Crippen molar-refractivity contribution in [3.63, 3.8) is 0 Å². The zero-order valence-corrected chi connectivity index (χ0v) is 15.4. The molecule has 0 amide bonds. The topological polar surface area (TPSA) is 57.0 Å². The molecule has 0 saturated carbocycles. The summed E-state index contributed by atoms with van der Waals surface area (Å²) < 4.78 is 43.4. The summed E-state index contributed by atoms with van der Waals surface area (Å²) in [6.45, 7) is 1.78. The van der Waals surface area contributed by atoms with Crippen LogP contribution in [0.5, 0.6) is 0 Å². The molecule has 0 atom stereocenters. The lowest BCUT2D eigenvalue weighted by Gasteiger charge is -2.11. The highest BCUT2D eigenvalue weighted by Gasteiger charge is 2.32. The van der Waals surface area contributed by atoms with Crippen molar-refractivity contribution >= 4 is 40.9 Å². The molecule has 0 fully saturated rings. The predicted octanol–water partition coefficient (Wildman–Crippen LogP) is 4.63. The molecule has 1 aromatic carbocycles. The van der Waals surface area contributed by atoms with Crippen LogP contribution in [-0.2, 0) is 16.7 Å². The molecule has 1 aromatic heterocycles. The maximum Gasteiger partial charge on any atom is 0.416 e. The summed E-state index contributed by atoms with van der Waals surface area (Å²) in [5, 5.41) is 7.54. The Morgan fingerprint density at radius 2 is 1.88 bits per heavy atom. The maximum absolute atomic E-state index is 12.8. The van der Waals surface area contributed by atoms with Crippen molar-refractivity contribution in [2.24, 2.45) is 0 Å². The van der Waals surface area contributed by atoms with Crippen molar-refractivity contribution in [3.8, 4) is 5.69 Å². The number of hydrogen-bond donors (Lipinski definition) is 0. The van der Waals surface area contributed by atoms with Gasteiger partial charge in [0.25, 0.3) is 0 Å². The first-order valence-electron chi connectivity index (χ1n) is 6.87. The Morgan fingerprint density at radius 1 is 1.28 bits per heavy atom. The number of ether oxygens (including phenoxy) is 1. The van der Waals surface area contributed by atoms with Crippen molar-refractivity contribution < 1.29 is 22.7 Å². The Labute approximate surface area is 155 Å². The van der Waals surface area contributed by atoms with E-state index in [1.807, 2.05) is 0 Å². The smallest absolute Gasteiger partial charge is 0.416 e. The third kappa shape index (κ3) is 4.39. The van der Waals surface area contributed by atoms with Crippen LogP contribution in [0.3, 0.4) is 0 Å². The van der Waals surface area contributed by atoms with E-state index in [1.54, 1.807) is 13.2 Å². The third-order valence-electron chi connectivity index (χ3n) is 2.98. The molecule has 0 spiro atoms. The average molecular weight is 414 g/mol. The van der Waals surface area contributed by atoms with E-state index in [9.17, 15) is 18.0 Å². The minimum atomic E-state index is -4.59. The number of benzene rings is 1. The number of hydrogen-bond acceptors (Lipinski definition) is 5. The largest absolute Gasteiger partial charge is 0.461 e. The lowest BCUT2D eigenvalue weighted by Crippen LogP contribution is -2.09. The van der Waals surface area contributed by atoms with Gasteiger partial charge in [-0.15, -0.1) is 9.90 Å². The Bertz CT molecular complexity index is 773. The van der Waals surface area contributed by atoms with E-state index in [-0.39, 0.29) is 28.0 Å². The number of aromatic nitrogens is 3. The molecular weight excluding hydrogens is 402 g/mol. The van der Waals surface area contributed by atoms with Gasteiger partial charge in [0.05, 0.1) is 22.2 Å². The minimum Gasteiger partial charge on any atom is -0.461 e. The minimum absolute atomic E-state index is 0.0387. The van der Waals surface area contributed by atoms with Gasteiger partial charge in [-0.3, -0.25) is 0 Å². The van der Waals surface area contributed by atoms with Gasteiger partial charge in [0.1, 0.15) is 11.4 Å². The van der Waals surface area contributed by atoms with Crippen LogP contribution in [-0.4, -0.2) is 33.8 Å². The molecule has 0 N–H and O–H groups in total. The number of esters is 1. The fourth-order valence-corrected chi connectivity index (χ4v) is 3.05. The number of halogens is 5. The van der Waals surface area contributed by atoms with Crippen molar-refractivity contribution in [1.29, 1.82) is 0 Å². The molecule has 136 valence electrons. The second-order valence-electron chi connectivity index (χ2n) is 4.72. The SMILES string of the molecule is CCOC(=O)c1nn(-c2c(Cl)cc(C(F)(F)F)cc2Cl)nc1CSC. The van der Waals surface area contributed by atoms with E-state index >= 15 is 0 Å². The third-order valence-corrected chi connectivity index (χ3v) is 4.12. The zero-order chi connectivity index (χ0) is 18.8. The Morgan fingerprint density at radius 3 is 2.36 bits per heavy atom. The quantitative estimate of drug-likeness (QED) is 0.668. The fourth-order valence-electron chi connectivity index (χ4n) is 1.95. The molecule has 0 aliphatic rings. The summed E-state index contributed by atoms with van der Waals surface area (Å²) >= 11 is 13.3. The number of alkyl halides is 3. The van der Waals surface area contributed by atoms with E-state index in [0.717, 1.165) is 16.9 Å². The molecule has 0 aliphatic heterocycles. The van der Waals surface area contributed by atoms with Crippen LogP contribution in [0.2, 0.25) is 10.0 Å². The second kappa shape index (κ2) is 7.84. The van der Waals surface area contributed by atoms with Gasteiger partial charge in [-0.2, -0.15) is 30.0 Å². The van der Waals surface area contributed by atoms with Crippen molar-refractivity contribution in [1.82, 2.24) is 15.0 Å². The summed E-state index contributed by atoms with van der Waals surface area (Å²) in [5.74, 6) is -0.332. The van der Waals surface area contributed by atoms with Gasteiger partial charge in [0.2, 0.25) is 0 Å². The van der Waals surface area contributed by atoms with E-state index in [2.05, 4.69) is 10.2 Å². The van der Waals surface area contributed by atoms with E-state index < -0.39 is 17.7 Å². The van der Waals surface area contributed by atoms with Crippen LogP contribution in [0.15, 0.2) is 12.1 Å². The van der Waals surface area contributed by atoms with Crippen molar-refractivity contribution in [2.75, 3.05) is 12.9 Å². The molecule has 0 radical (unpaired) electrons. The molecule has 25 heavy (non-hydrogen) atoms. The van der Waals surface area contributed by atoms with Gasteiger partial charge >= 0.3 is 12.1 Å². The molecule has 0 saturated heterocycles. The number of thioether (sulfide) groups is 1. The monoisotopic (exact) mass is 413 g/mol. The normalized spacial score (nSPS) is 11.6. The number of rotatable bonds is 5. The number of carbonyl (C=O) groups is 1. The molecule has 1 heterocycles. The molecule has 5 nitrogen and oxygen atoms in total. The lowest BCUT2D eigenvalue weighted by atomic mass is 10.2. The van der Waals surface area contributed by atoms with E-state index in [4.69, 9.17) is 27.9 Å². The molecule has 0 unspecified atom stereocenters. The average Bonchev–Trinajstić information content (AvgIpc) is 2.90. The standard InChI is InChI=1S/C14H12Cl2F3N3O2S/c1-3-24-13(23)11-10(6-25-2)20-22(21-11)12-8(15)4-7(5-9(12)16)14(17,18)19/h4-5H,3,6H2,1-2H3. The maximum atomic E-state index is 12.8. The van der Waals surface area contributed by atoms with Crippen LogP contribution in [0.1, 0.15) is 28.7 Å². The molecule has 2 aromatic rings. The molecule has 11 heteroatoms. The highest BCUT2D eigenvalue weighted by Crippen LogP contribution is 2.37. The molecular formula is C14H12Cl2F3N3O2S. The van der Waals surface area contributed by atoms with Gasteiger partial charge < -0.3 is 4.74 Å². The first-order valence-corrected chi connectivity index (χ1v) is 9.02. The summed E-state index contributed by atoms with van der Waals surface area (Å²) in [6.07, 6.45) is -2.80. The lowest BCUT2D eigenvalue weighted by molar-refractivity contribution is -0.137. The second-order valence-corrected chi connectivity index (χ2v) is 6.40. The Hall–Kier alpha value is -1.45. The highest BCUT2D eigenvalue weighted by atomic mass is 35.5. The van der Waals surface area contributed by atoms with Crippen LogP contribution < -0.4 is 0 Å². The summed E-state index contributed by atoms with van der Waals surface area (Å²) in [7, 11) is 0. The molecule has 0 bridgehead atoms. The van der Waals surface area contributed by atoms with Crippen molar-refractivity contribution in [2.45, 2.75) is 18.9 Å². The van der Waals surface area contributed by atoms with Crippen LogP contribution >= 0.6 is 35.0 Å². The summed E-state index contributed by atoms with van der Waals surface area (Å²) in [4.78, 5) is 12.9. The van der Waals surface area contributed by atoms with E-state index in [1.165, 1.54) is 11.8 Å². The van der Waals surface area contributed by atoms with Crippen molar-refractivity contribution in [3.05, 3.63) is 39.1 Å². The predicted molar refractivity (Wildman–Crippen MR) is 89.6 cm³/mol.